The molecule has 16 rings (SSSR count). The Balaban J connectivity index is 0.000000143. The minimum Gasteiger partial charge on any atom is -0.384 e. The van der Waals surface area contributed by atoms with E-state index < -0.39 is 41.3 Å². The van der Waals surface area contributed by atoms with Gasteiger partial charge in [0, 0.05) is 99.0 Å². The molecule has 16 aromatic rings. The van der Waals surface area contributed by atoms with E-state index in [1.807, 2.05) is 187 Å². The summed E-state index contributed by atoms with van der Waals surface area (Å²) in [6, 6.07) is 60.6. The number of aryl methyl sites for hydroxylation is 7. The lowest BCUT2D eigenvalue weighted by molar-refractivity contribution is -0.137. The van der Waals surface area contributed by atoms with Gasteiger partial charge in [-0.2, -0.15) is 13.2 Å². The van der Waals surface area contributed by atoms with E-state index in [1.165, 1.54) is 59.2 Å². The van der Waals surface area contributed by atoms with Gasteiger partial charge in [0.05, 0.1) is 79.3 Å². The van der Waals surface area contributed by atoms with E-state index in [-0.39, 0.29) is 34.7 Å². The van der Waals surface area contributed by atoms with Crippen molar-refractivity contribution in [1.29, 1.82) is 0 Å². The Hall–Kier alpha value is -15.1. The first-order chi connectivity index (χ1) is 59.9. The normalized spacial score (nSPS) is 10.8. The number of rotatable bonds is 16. The van der Waals surface area contributed by atoms with Gasteiger partial charge in [0.25, 0.3) is 0 Å². The molecule has 14 N–H and O–H groups in total. The number of hydrogen-bond acceptors (Lipinski definition) is 19. The molecule has 0 unspecified atom stereocenters. The minimum atomic E-state index is -4.55. The van der Waals surface area contributed by atoms with Gasteiger partial charge in [0.1, 0.15) is 34.9 Å². The number of pyridine rings is 4. The lowest BCUT2D eigenvalue weighted by Gasteiger charge is -2.12. The molecule has 0 bridgehead atoms. The third-order valence-electron chi connectivity index (χ3n) is 18.2. The van der Waals surface area contributed by atoms with Crippen LogP contribution in [0.1, 0.15) is 42.3 Å². The first-order valence-corrected chi connectivity index (χ1v) is 41.4. The lowest BCUT2D eigenvalue weighted by atomic mass is 10.1. The van der Waals surface area contributed by atoms with E-state index >= 15 is 0 Å². The van der Waals surface area contributed by atoms with E-state index in [4.69, 9.17) is 17.2 Å². The van der Waals surface area contributed by atoms with Crippen LogP contribution in [0.5, 0.6) is 0 Å². The van der Waals surface area contributed by atoms with Crippen molar-refractivity contribution in [1.82, 2.24) is 39.9 Å². The topological polar surface area (TPSA) is 346 Å². The molecule has 0 saturated heterocycles. The molecule has 33 heteroatoms. The van der Waals surface area contributed by atoms with Gasteiger partial charge < -0.3 is 59.7 Å². The Kier molecular flexibility index (Phi) is 27.8. The second-order valence-electron chi connectivity index (χ2n) is 27.9. The summed E-state index contributed by atoms with van der Waals surface area (Å²) in [6.45, 7) is 13.5. The van der Waals surface area contributed by atoms with Gasteiger partial charge >= 0.3 is 30.3 Å². The fourth-order valence-electron chi connectivity index (χ4n) is 12.5. The summed E-state index contributed by atoms with van der Waals surface area (Å²) >= 11 is 5.87. The number of nitrogens with zero attached hydrogens (tertiary/aromatic N) is 8. The first-order valence-electron chi connectivity index (χ1n) is 38.1. The molecule has 0 atom stereocenters. The van der Waals surface area contributed by atoms with Crippen LogP contribution in [-0.4, -0.2) is 64.0 Å². The highest BCUT2D eigenvalue weighted by Crippen LogP contribution is 2.44. The van der Waals surface area contributed by atoms with Gasteiger partial charge in [-0.25, -0.2) is 67.2 Å². The van der Waals surface area contributed by atoms with Crippen LogP contribution in [0.3, 0.4) is 0 Å². The standard InChI is InChI=1S/C23H16F4N4OS.C23H19F2N5OS.2C23H21N5OS/c1-13-29-20(14-7-9-28-10-8-14)21(33-13)15-5-6-18(24)19(11-15)31-22(32)30-17-4-2-3-16(12-17)23(25,26)27;1-12-3-5-15(6-4-12)29-23(31)30-19-10-16(17(24)11-18(19)25)22-21(28-13(2)32-22)14-7-8-27-20(26)9-14;2*1-14-6-8-18(9-7-14)27-23(29)28-19-5-3-4-17(12-19)22-21(26-15(2)30-22)16-10-11-25-20(24)13-16/h2-12H,1H3,(H2,30,31,32);3-11H,1-2H3,(H2,26,27)(H2,29,30,31);2*3-13H,1-2H3,(H2,24,25)(H2,27,28,29). The summed E-state index contributed by atoms with van der Waals surface area (Å²) in [6.07, 6.45) is 3.63. The fourth-order valence-corrected chi connectivity index (χ4v) is 16.2. The molecule has 0 saturated carbocycles. The number of benzene rings is 8. The van der Waals surface area contributed by atoms with Crippen molar-refractivity contribution >= 4 is 132 Å². The number of amides is 8. The van der Waals surface area contributed by atoms with Gasteiger partial charge in [-0.1, -0.05) is 89.5 Å². The number of carbonyl (C=O) groups is 4. The molecule has 0 aliphatic heterocycles. The van der Waals surface area contributed by atoms with E-state index in [0.29, 0.717) is 66.9 Å². The summed E-state index contributed by atoms with van der Waals surface area (Å²) in [5, 5.41) is 24.6. The SMILES string of the molecule is Cc1ccc(NC(=O)Nc2cc(-c3sc(C)nc3-c3ccnc(N)c3)c(F)cc2F)cc1.Cc1ccc(NC(=O)Nc2cccc(-c3sc(C)nc3-c3ccnc(N)c3)c2)cc1.Cc1ccc(NC(=O)Nc2cccc(-c3sc(C)nc3-c3ccnc(N)c3)c2)cc1.Cc1nc(-c2ccncc2)c(-c2ccc(F)c(NC(=O)Nc3cccc(C(F)(F)F)c3)c2)s1. The van der Waals surface area contributed by atoms with Crippen LogP contribution in [0, 0.1) is 65.9 Å². The highest BCUT2D eigenvalue weighted by atomic mass is 32.1. The highest BCUT2D eigenvalue weighted by molar-refractivity contribution is 7.16. The van der Waals surface area contributed by atoms with Crippen molar-refractivity contribution in [2.75, 3.05) is 59.7 Å². The number of carbonyl (C=O) groups excluding carboxylic acids is 4. The number of thiazole rings is 4. The summed E-state index contributed by atoms with van der Waals surface area (Å²) in [4.78, 5) is 87.3. The van der Waals surface area contributed by atoms with Crippen molar-refractivity contribution in [2.24, 2.45) is 0 Å². The van der Waals surface area contributed by atoms with Crippen LogP contribution in [0.4, 0.5) is 108 Å². The number of nitrogen functional groups attached to an aromatic ring is 3. The number of nitrogens with one attached hydrogen (secondary N) is 8. The summed E-state index contributed by atoms with van der Waals surface area (Å²) < 4.78 is 82.3. The zero-order valence-corrected chi connectivity index (χ0v) is 70.9. The summed E-state index contributed by atoms with van der Waals surface area (Å²) in [5.74, 6) is -1.14. The third kappa shape index (κ3) is 23.6. The predicted molar refractivity (Wildman–Crippen MR) is 491 cm³/mol. The molecule has 8 aromatic heterocycles. The largest absolute Gasteiger partial charge is 0.416 e. The van der Waals surface area contributed by atoms with Crippen molar-refractivity contribution in [3.05, 3.63) is 315 Å². The van der Waals surface area contributed by atoms with Crippen LogP contribution in [0.2, 0.25) is 0 Å². The number of aromatic nitrogens is 8. The van der Waals surface area contributed by atoms with Gasteiger partial charge in [-0.15, -0.1) is 45.3 Å². The molecule has 8 heterocycles. The average Bonchev–Trinajstić information content (AvgIpc) is 1.70. The van der Waals surface area contributed by atoms with Crippen LogP contribution < -0.4 is 59.7 Å². The Bertz CT molecular complexity index is 6400. The molecule has 0 aliphatic rings. The molecular formula is C92H77F6N19O4S4. The second kappa shape index (κ2) is 39.6. The summed E-state index contributed by atoms with van der Waals surface area (Å²) in [7, 11) is 0. The van der Waals surface area contributed by atoms with Crippen LogP contribution in [0.25, 0.3) is 86.8 Å². The average molecular weight is 1760 g/mol. The zero-order valence-electron chi connectivity index (χ0n) is 67.6. The van der Waals surface area contributed by atoms with Gasteiger partial charge in [0.15, 0.2) is 0 Å². The maximum Gasteiger partial charge on any atom is 0.416 e. The number of hydrogen-bond donors (Lipinski definition) is 11. The number of nitrogens with two attached hydrogens (primary N) is 3. The third-order valence-corrected chi connectivity index (χ3v) is 22.3. The number of halogens is 6. The van der Waals surface area contributed by atoms with Crippen molar-refractivity contribution in [3.8, 4) is 86.8 Å². The number of alkyl halides is 3. The number of anilines is 11. The predicted octanol–water partition coefficient (Wildman–Crippen LogP) is 24.4. The molecule has 0 spiro atoms. The Labute approximate surface area is 729 Å². The zero-order chi connectivity index (χ0) is 88.6. The second-order valence-corrected chi connectivity index (χ2v) is 32.8. The molecule has 125 heavy (non-hydrogen) atoms. The molecule has 0 fully saturated rings. The molecule has 0 aliphatic carbocycles. The number of urea groups is 4. The summed E-state index contributed by atoms with van der Waals surface area (Å²) in [5.41, 5.74) is 31.9. The molecule has 23 nitrogen and oxygen atoms in total. The van der Waals surface area contributed by atoms with Gasteiger partial charge in [-0.05, 0) is 211 Å². The Morgan fingerprint density at radius 2 is 0.640 bits per heavy atom. The van der Waals surface area contributed by atoms with Crippen LogP contribution >= 0.6 is 45.3 Å². The molecular weight excluding hydrogens is 1680 g/mol. The Morgan fingerprint density at radius 3 is 1.04 bits per heavy atom. The minimum absolute atomic E-state index is 0.0723. The van der Waals surface area contributed by atoms with Crippen molar-refractivity contribution < 1.29 is 45.5 Å². The highest BCUT2D eigenvalue weighted by Gasteiger charge is 2.31. The lowest BCUT2D eigenvalue weighted by Crippen LogP contribution is -2.20. The van der Waals surface area contributed by atoms with Crippen LogP contribution in [-0.2, 0) is 6.18 Å². The Morgan fingerprint density at radius 1 is 0.304 bits per heavy atom. The van der Waals surface area contributed by atoms with Crippen molar-refractivity contribution in [3.63, 3.8) is 0 Å². The molecule has 8 amide bonds. The molecule has 630 valence electrons. The van der Waals surface area contributed by atoms with Gasteiger partial charge in [0.2, 0.25) is 0 Å². The molecule has 8 aromatic carbocycles. The quantitative estimate of drug-likeness (QED) is 0.0401. The van der Waals surface area contributed by atoms with E-state index in [2.05, 4.69) is 82.4 Å². The first kappa shape index (κ1) is 87.7. The van der Waals surface area contributed by atoms with Gasteiger partial charge in [-0.3, -0.25) is 4.98 Å². The van der Waals surface area contributed by atoms with E-state index in [9.17, 15) is 45.5 Å². The van der Waals surface area contributed by atoms with Crippen molar-refractivity contribution in [2.45, 2.75) is 54.6 Å². The van der Waals surface area contributed by atoms with E-state index in [1.54, 1.807) is 84.7 Å². The maximum atomic E-state index is 14.8. The monoisotopic (exact) mass is 1750 g/mol. The maximum absolute atomic E-state index is 14.8. The smallest absolute Gasteiger partial charge is 0.384 e. The van der Waals surface area contributed by atoms with E-state index in [0.717, 1.165) is 115 Å². The molecule has 0 radical (unpaired) electrons. The fraction of sp³-hybridized carbons (Fsp3) is 0.0870. The van der Waals surface area contributed by atoms with Crippen LogP contribution in [0.15, 0.2) is 255 Å².